The quantitative estimate of drug-likeness (QED) is 0.185. The molecule has 230 valence electrons. The lowest BCUT2D eigenvalue weighted by Crippen LogP contribution is -2.52. The monoisotopic (exact) mass is 595 g/mol. The molecule has 0 saturated carbocycles. The first-order valence-electron chi connectivity index (χ1n) is 14.9. The normalized spacial score (nSPS) is 16.0. The number of rotatable bonds is 12. The number of carboxylic acids is 1. The number of hydrogen-bond donors (Lipinski definition) is 2. The fraction of sp³-hybridized carbons (Fsp3) is 0.333. The van der Waals surface area contributed by atoms with Crippen molar-refractivity contribution in [3.8, 4) is 0 Å². The van der Waals surface area contributed by atoms with Gasteiger partial charge in [-0.05, 0) is 60.9 Å². The Morgan fingerprint density at radius 1 is 0.909 bits per heavy atom. The van der Waals surface area contributed by atoms with Crippen molar-refractivity contribution in [2.75, 3.05) is 0 Å². The van der Waals surface area contributed by atoms with Gasteiger partial charge in [0.2, 0.25) is 5.91 Å². The highest BCUT2D eigenvalue weighted by Crippen LogP contribution is 2.33. The van der Waals surface area contributed by atoms with E-state index < -0.39 is 41.4 Å². The summed E-state index contributed by atoms with van der Waals surface area (Å²) in [5.74, 6) is -2.11. The molecule has 3 aromatic carbocycles. The number of carbonyl (C=O) groups excluding carboxylic acids is 3. The van der Waals surface area contributed by atoms with Crippen LogP contribution in [0.25, 0.3) is 12.2 Å². The molecular formula is C36H41N3O5. The van der Waals surface area contributed by atoms with E-state index in [4.69, 9.17) is 0 Å². The Morgan fingerprint density at radius 2 is 1.55 bits per heavy atom. The van der Waals surface area contributed by atoms with Crippen LogP contribution in [-0.2, 0) is 20.9 Å². The summed E-state index contributed by atoms with van der Waals surface area (Å²) in [6.07, 6.45) is 4.00. The Kier molecular flexibility index (Phi) is 10.0. The zero-order valence-electron chi connectivity index (χ0n) is 26.0. The SMILES string of the molecule is Cc1ccccc1/C=C/c1ccc(CN2C(=O)N([C@H](CC(C)C)C(=O)N[C@H](CC(=O)O)c3ccccc3)C(=O)C2(C)C)cc1. The molecule has 1 saturated heterocycles. The number of aryl methyl sites for hydroxylation is 1. The molecule has 3 aromatic rings. The third kappa shape index (κ3) is 7.43. The van der Waals surface area contributed by atoms with E-state index in [2.05, 4.69) is 30.4 Å². The van der Waals surface area contributed by atoms with Crippen LogP contribution in [0, 0.1) is 12.8 Å². The van der Waals surface area contributed by atoms with E-state index in [1.165, 1.54) is 10.5 Å². The fourth-order valence-corrected chi connectivity index (χ4v) is 5.44. The van der Waals surface area contributed by atoms with Crippen LogP contribution in [-0.4, -0.2) is 50.3 Å². The summed E-state index contributed by atoms with van der Waals surface area (Å²) in [4.78, 5) is 55.6. The molecule has 1 aliphatic heterocycles. The van der Waals surface area contributed by atoms with Crippen molar-refractivity contribution in [3.05, 3.63) is 107 Å². The van der Waals surface area contributed by atoms with E-state index in [9.17, 15) is 24.3 Å². The van der Waals surface area contributed by atoms with Crippen LogP contribution in [0.15, 0.2) is 78.9 Å². The van der Waals surface area contributed by atoms with E-state index in [1.807, 2.05) is 56.3 Å². The van der Waals surface area contributed by atoms with E-state index in [0.29, 0.717) is 5.56 Å². The number of nitrogens with zero attached hydrogens (tertiary/aromatic N) is 2. The number of imide groups is 1. The molecule has 0 bridgehead atoms. The van der Waals surface area contributed by atoms with Crippen molar-refractivity contribution in [3.63, 3.8) is 0 Å². The number of nitrogens with one attached hydrogen (secondary N) is 1. The third-order valence-corrected chi connectivity index (χ3v) is 8.02. The highest BCUT2D eigenvalue weighted by Gasteiger charge is 2.54. The average Bonchev–Trinajstić information content (AvgIpc) is 3.14. The maximum absolute atomic E-state index is 13.9. The molecule has 8 heteroatoms. The summed E-state index contributed by atoms with van der Waals surface area (Å²) >= 11 is 0. The zero-order chi connectivity index (χ0) is 32.0. The predicted octanol–water partition coefficient (Wildman–Crippen LogP) is 6.46. The molecule has 2 atom stereocenters. The summed E-state index contributed by atoms with van der Waals surface area (Å²) in [5, 5.41) is 12.3. The Labute approximate surface area is 259 Å². The van der Waals surface area contributed by atoms with E-state index in [0.717, 1.165) is 21.6 Å². The third-order valence-electron chi connectivity index (χ3n) is 8.02. The smallest absolute Gasteiger partial charge is 0.328 e. The largest absolute Gasteiger partial charge is 0.481 e. The first kappa shape index (κ1) is 32.2. The maximum Gasteiger partial charge on any atom is 0.328 e. The van der Waals surface area contributed by atoms with E-state index in [-0.39, 0.29) is 25.3 Å². The molecule has 1 fully saturated rings. The topological polar surface area (TPSA) is 107 Å². The van der Waals surface area contributed by atoms with Crippen LogP contribution in [0.1, 0.15) is 74.4 Å². The fourth-order valence-electron chi connectivity index (χ4n) is 5.44. The summed E-state index contributed by atoms with van der Waals surface area (Å²) in [5.41, 5.74) is 3.62. The summed E-state index contributed by atoms with van der Waals surface area (Å²) in [7, 11) is 0. The number of benzene rings is 3. The number of urea groups is 1. The van der Waals surface area contributed by atoms with Crippen LogP contribution in [0.4, 0.5) is 4.79 Å². The first-order valence-corrected chi connectivity index (χ1v) is 14.9. The Morgan fingerprint density at radius 3 is 2.16 bits per heavy atom. The van der Waals surface area contributed by atoms with E-state index >= 15 is 0 Å². The number of carbonyl (C=O) groups is 4. The molecule has 2 N–H and O–H groups in total. The van der Waals surface area contributed by atoms with Crippen LogP contribution in [0.2, 0.25) is 0 Å². The standard InChI is InChI=1S/C36H41N3O5/c1-24(2)21-31(33(42)37-30(22-32(40)41)29-13-7-6-8-14-29)39-34(43)36(4,5)38(35(39)44)23-27-17-15-26(16-18-27)19-20-28-12-10-9-11-25(28)3/h6-20,24,30-31H,21-23H2,1-5H3,(H,37,42)(H,40,41)/b20-19+/t30-,31-/m1/s1. The minimum Gasteiger partial charge on any atom is -0.481 e. The number of hydrogen-bond acceptors (Lipinski definition) is 4. The molecule has 0 unspecified atom stereocenters. The van der Waals surface area contributed by atoms with Gasteiger partial charge in [0.15, 0.2) is 0 Å². The maximum atomic E-state index is 13.9. The van der Waals surface area contributed by atoms with Crippen molar-refractivity contribution in [2.45, 2.75) is 71.6 Å². The minimum absolute atomic E-state index is 0.0153. The van der Waals surface area contributed by atoms with Gasteiger partial charge in [-0.15, -0.1) is 0 Å². The lowest BCUT2D eigenvalue weighted by molar-refractivity contribution is -0.140. The molecule has 0 aromatic heterocycles. The van der Waals surface area contributed by atoms with Crippen molar-refractivity contribution in [1.29, 1.82) is 0 Å². The van der Waals surface area contributed by atoms with Crippen molar-refractivity contribution in [2.24, 2.45) is 5.92 Å². The summed E-state index contributed by atoms with van der Waals surface area (Å²) in [6.45, 7) is 9.46. The molecule has 0 spiro atoms. The van der Waals surface area contributed by atoms with Crippen LogP contribution in [0.5, 0.6) is 0 Å². The molecule has 0 aliphatic carbocycles. The number of aliphatic carboxylic acids is 1. The van der Waals surface area contributed by atoms with Crippen molar-refractivity contribution < 1.29 is 24.3 Å². The van der Waals surface area contributed by atoms with Gasteiger partial charge in [0, 0.05) is 6.54 Å². The van der Waals surface area contributed by atoms with Gasteiger partial charge in [0.05, 0.1) is 12.5 Å². The van der Waals surface area contributed by atoms with Gasteiger partial charge in [-0.2, -0.15) is 0 Å². The minimum atomic E-state index is -1.18. The Balaban J connectivity index is 1.54. The van der Waals surface area contributed by atoms with Gasteiger partial charge in [0.1, 0.15) is 11.6 Å². The van der Waals surface area contributed by atoms with Gasteiger partial charge >= 0.3 is 12.0 Å². The molecule has 1 heterocycles. The second-order valence-corrected chi connectivity index (χ2v) is 12.2. The van der Waals surface area contributed by atoms with Crippen molar-refractivity contribution >= 4 is 36.0 Å². The second kappa shape index (κ2) is 13.7. The molecular weight excluding hydrogens is 554 g/mol. The highest BCUT2D eigenvalue weighted by atomic mass is 16.4. The predicted molar refractivity (Wildman–Crippen MR) is 171 cm³/mol. The zero-order valence-corrected chi connectivity index (χ0v) is 26.0. The molecule has 1 aliphatic rings. The van der Waals surface area contributed by atoms with Crippen LogP contribution in [0.3, 0.4) is 0 Å². The van der Waals surface area contributed by atoms with Crippen molar-refractivity contribution in [1.82, 2.24) is 15.1 Å². The summed E-state index contributed by atoms with van der Waals surface area (Å²) in [6, 6.07) is 22.3. The summed E-state index contributed by atoms with van der Waals surface area (Å²) < 4.78 is 0. The number of carboxylic acid groups (broad SMARTS) is 1. The molecule has 0 radical (unpaired) electrons. The molecule has 8 nitrogen and oxygen atoms in total. The first-order chi connectivity index (χ1) is 20.9. The molecule has 4 amide bonds. The Hall–Kier alpha value is -4.72. The van der Waals surface area contributed by atoms with Crippen LogP contribution >= 0.6 is 0 Å². The molecule has 44 heavy (non-hydrogen) atoms. The highest BCUT2D eigenvalue weighted by molar-refractivity contribution is 6.09. The van der Waals surface area contributed by atoms with Gasteiger partial charge in [0.25, 0.3) is 5.91 Å². The van der Waals surface area contributed by atoms with Crippen LogP contribution < -0.4 is 5.32 Å². The second-order valence-electron chi connectivity index (χ2n) is 12.2. The van der Waals surface area contributed by atoms with Gasteiger partial charge < -0.3 is 15.3 Å². The lowest BCUT2D eigenvalue weighted by atomic mass is 9.98. The van der Waals surface area contributed by atoms with Gasteiger partial charge in [-0.1, -0.05) is 105 Å². The Bertz CT molecular complexity index is 1530. The number of amides is 4. The molecule has 4 rings (SSSR count). The van der Waals surface area contributed by atoms with Gasteiger partial charge in [-0.3, -0.25) is 14.4 Å². The van der Waals surface area contributed by atoms with Gasteiger partial charge in [-0.25, -0.2) is 9.69 Å². The average molecular weight is 596 g/mol. The lowest BCUT2D eigenvalue weighted by Gasteiger charge is -2.29. The van der Waals surface area contributed by atoms with E-state index in [1.54, 1.807) is 44.2 Å².